The van der Waals surface area contributed by atoms with Gasteiger partial charge in [0.2, 0.25) is 0 Å². The first kappa shape index (κ1) is 14.9. The summed E-state index contributed by atoms with van der Waals surface area (Å²) in [6, 6.07) is 2.73. The van der Waals surface area contributed by atoms with Crippen molar-refractivity contribution in [2.24, 2.45) is 0 Å². The standard InChI is InChI=1S/C14H12F3NOS2/c15-14(16,17)10-1-3-18-6-9(10)13(19)12-5-8-7-20-4-2-11(8)21-12/h1,3,5-6,13,19H,2,4,7H2. The van der Waals surface area contributed by atoms with Crippen molar-refractivity contribution in [3.05, 3.63) is 51.0 Å². The molecule has 3 heterocycles. The Balaban J connectivity index is 1.99. The molecule has 1 aliphatic heterocycles. The number of fused-ring (bicyclic) bond motifs is 1. The first-order valence-electron chi connectivity index (χ1n) is 6.35. The molecule has 0 radical (unpaired) electrons. The molecule has 2 nitrogen and oxygen atoms in total. The Morgan fingerprint density at radius 1 is 1.33 bits per heavy atom. The van der Waals surface area contributed by atoms with Crippen LogP contribution < -0.4 is 0 Å². The minimum atomic E-state index is -4.49. The summed E-state index contributed by atoms with van der Waals surface area (Å²) >= 11 is 3.20. The molecule has 3 rings (SSSR count). The topological polar surface area (TPSA) is 33.1 Å². The molecule has 1 aliphatic rings. The van der Waals surface area contributed by atoms with Gasteiger partial charge >= 0.3 is 6.18 Å². The van der Waals surface area contributed by atoms with Crippen molar-refractivity contribution >= 4 is 23.1 Å². The molecule has 0 aliphatic carbocycles. The molecule has 0 fully saturated rings. The van der Waals surface area contributed by atoms with Gasteiger partial charge in [0.15, 0.2) is 0 Å². The smallest absolute Gasteiger partial charge is 0.383 e. The number of thiophene rings is 1. The lowest BCUT2D eigenvalue weighted by atomic mass is 10.0. The predicted molar refractivity (Wildman–Crippen MR) is 77.5 cm³/mol. The maximum atomic E-state index is 13.0. The number of halogens is 3. The fourth-order valence-corrected chi connectivity index (χ4v) is 4.72. The fraction of sp³-hybridized carbons (Fsp3) is 0.357. The summed E-state index contributed by atoms with van der Waals surface area (Å²) in [5, 5.41) is 10.3. The first-order chi connectivity index (χ1) is 9.97. The van der Waals surface area contributed by atoms with Gasteiger partial charge < -0.3 is 5.11 Å². The quantitative estimate of drug-likeness (QED) is 0.902. The summed E-state index contributed by atoms with van der Waals surface area (Å²) in [7, 11) is 0. The highest BCUT2D eigenvalue weighted by atomic mass is 32.2. The molecule has 0 saturated carbocycles. The molecule has 21 heavy (non-hydrogen) atoms. The van der Waals surface area contributed by atoms with Crippen LogP contribution in [-0.2, 0) is 18.3 Å². The molecule has 0 amide bonds. The number of thioether (sulfide) groups is 1. The Kier molecular flexibility index (Phi) is 3.98. The van der Waals surface area contributed by atoms with Gasteiger partial charge in [0.05, 0.1) is 5.56 Å². The molecule has 1 N–H and O–H groups in total. The second kappa shape index (κ2) is 5.62. The highest BCUT2D eigenvalue weighted by Gasteiger charge is 2.35. The lowest BCUT2D eigenvalue weighted by Gasteiger charge is -2.15. The first-order valence-corrected chi connectivity index (χ1v) is 8.32. The van der Waals surface area contributed by atoms with E-state index in [9.17, 15) is 18.3 Å². The van der Waals surface area contributed by atoms with E-state index in [4.69, 9.17) is 0 Å². The number of alkyl halides is 3. The number of aliphatic hydroxyl groups excluding tert-OH is 1. The number of rotatable bonds is 2. The number of aromatic nitrogens is 1. The third-order valence-corrected chi connectivity index (χ3v) is 5.67. The second-order valence-electron chi connectivity index (χ2n) is 4.76. The molecule has 0 aromatic carbocycles. The molecular weight excluding hydrogens is 319 g/mol. The number of hydrogen-bond donors (Lipinski definition) is 1. The minimum absolute atomic E-state index is 0.184. The summed E-state index contributed by atoms with van der Waals surface area (Å²) in [5.41, 5.74) is 0.116. The largest absolute Gasteiger partial charge is 0.416 e. The van der Waals surface area contributed by atoms with Crippen LogP contribution in [0.15, 0.2) is 24.5 Å². The Bertz CT molecular complexity index is 630. The summed E-state index contributed by atoms with van der Waals surface area (Å²) in [6.45, 7) is 0. The van der Waals surface area contributed by atoms with Crippen LogP contribution in [0.3, 0.4) is 0 Å². The van der Waals surface area contributed by atoms with Crippen molar-refractivity contribution in [1.29, 1.82) is 0 Å². The van der Waals surface area contributed by atoms with Crippen LogP contribution in [0.5, 0.6) is 0 Å². The summed E-state index contributed by atoms with van der Waals surface area (Å²) < 4.78 is 39.0. The van der Waals surface area contributed by atoms with Crippen LogP contribution in [-0.4, -0.2) is 15.8 Å². The van der Waals surface area contributed by atoms with Gasteiger partial charge in [-0.25, -0.2) is 0 Å². The fourth-order valence-electron chi connectivity index (χ4n) is 2.34. The van der Waals surface area contributed by atoms with Crippen LogP contribution >= 0.6 is 23.1 Å². The van der Waals surface area contributed by atoms with E-state index in [1.54, 1.807) is 11.8 Å². The Labute approximate surface area is 128 Å². The van der Waals surface area contributed by atoms with Crippen molar-refractivity contribution in [2.45, 2.75) is 24.5 Å². The van der Waals surface area contributed by atoms with E-state index in [1.807, 2.05) is 6.07 Å². The lowest BCUT2D eigenvalue weighted by Crippen LogP contribution is -2.12. The molecule has 112 valence electrons. The zero-order chi connectivity index (χ0) is 15.0. The normalized spacial score (nSPS) is 16.6. The van der Waals surface area contributed by atoms with Crippen LogP contribution in [0.2, 0.25) is 0 Å². The van der Waals surface area contributed by atoms with Crippen LogP contribution in [0, 0.1) is 0 Å². The van der Waals surface area contributed by atoms with E-state index in [0.29, 0.717) is 4.88 Å². The summed E-state index contributed by atoms with van der Waals surface area (Å²) in [5.74, 6) is 1.88. The van der Waals surface area contributed by atoms with Gasteiger partial charge in [-0.05, 0) is 29.9 Å². The maximum absolute atomic E-state index is 13.0. The minimum Gasteiger partial charge on any atom is -0.383 e. The SMILES string of the molecule is OC(c1cc2c(s1)CCSC2)c1cnccc1C(F)(F)F. The van der Waals surface area contributed by atoms with E-state index in [-0.39, 0.29) is 5.56 Å². The van der Waals surface area contributed by atoms with Crippen LogP contribution in [0.25, 0.3) is 0 Å². The average Bonchev–Trinajstić information content (AvgIpc) is 2.89. The van der Waals surface area contributed by atoms with E-state index in [0.717, 1.165) is 42.0 Å². The van der Waals surface area contributed by atoms with Crippen molar-refractivity contribution in [3.8, 4) is 0 Å². The molecular formula is C14H12F3NOS2. The van der Waals surface area contributed by atoms with Gasteiger partial charge in [0.25, 0.3) is 0 Å². The maximum Gasteiger partial charge on any atom is 0.416 e. The molecule has 0 spiro atoms. The van der Waals surface area contributed by atoms with Gasteiger partial charge in [0.1, 0.15) is 6.10 Å². The number of pyridine rings is 1. The number of hydrogen-bond acceptors (Lipinski definition) is 4. The summed E-state index contributed by atoms with van der Waals surface area (Å²) in [4.78, 5) is 5.45. The van der Waals surface area contributed by atoms with E-state index in [2.05, 4.69) is 4.98 Å². The average molecular weight is 331 g/mol. The van der Waals surface area contributed by atoms with Crippen LogP contribution in [0.1, 0.15) is 32.5 Å². The molecule has 0 bridgehead atoms. The van der Waals surface area contributed by atoms with Crippen molar-refractivity contribution in [1.82, 2.24) is 4.98 Å². The molecule has 7 heteroatoms. The number of nitrogens with zero attached hydrogens (tertiary/aromatic N) is 1. The second-order valence-corrected chi connectivity index (χ2v) is 7.04. The zero-order valence-corrected chi connectivity index (χ0v) is 12.5. The Morgan fingerprint density at radius 3 is 2.86 bits per heavy atom. The van der Waals surface area contributed by atoms with Crippen molar-refractivity contribution in [2.75, 3.05) is 5.75 Å². The summed E-state index contributed by atoms with van der Waals surface area (Å²) in [6.07, 6.45) is -2.67. The molecule has 2 aromatic heterocycles. The van der Waals surface area contributed by atoms with Crippen molar-refractivity contribution < 1.29 is 18.3 Å². The molecule has 2 aromatic rings. The van der Waals surface area contributed by atoms with E-state index < -0.39 is 17.8 Å². The highest BCUT2D eigenvalue weighted by Crippen LogP contribution is 2.40. The highest BCUT2D eigenvalue weighted by molar-refractivity contribution is 7.98. The van der Waals surface area contributed by atoms with Crippen LogP contribution in [0.4, 0.5) is 13.2 Å². The third kappa shape index (κ3) is 2.95. The van der Waals surface area contributed by atoms with Gasteiger partial charge in [0, 0.05) is 33.5 Å². The monoisotopic (exact) mass is 331 g/mol. The lowest BCUT2D eigenvalue weighted by molar-refractivity contribution is -0.139. The zero-order valence-electron chi connectivity index (χ0n) is 10.9. The van der Waals surface area contributed by atoms with Gasteiger partial charge in [-0.2, -0.15) is 24.9 Å². The number of aliphatic hydroxyl groups is 1. The van der Waals surface area contributed by atoms with Gasteiger partial charge in [-0.15, -0.1) is 11.3 Å². The van der Waals surface area contributed by atoms with E-state index in [1.165, 1.54) is 16.2 Å². The number of aryl methyl sites for hydroxylation is 1. The predicted octanol–water partition coefficient (Wildman–Crippen LogP) is 4.03. The third-order valence-electron chi connectivity index (χ3n) is 3.37. The molecule has 1 unspecified atom stereocenters. The molecule has 0 saturated heterocycles. The molecule has 1 atom stereocenters. The van der Waals surface area contributed by atoms with Gasteiger partial charge in [-0.3, -0.25) is 4.98 Å². The van der Waals surface area contributed by atoms with Crippen molar-refractivity contribution in [3.63, 3.8) is 0 Å². The Morgan fingerprint density at radius 2 is 2.14 bits per heavy atom. The van der Waals surface area contributed by atoms with E-state index >= 15 is 0 Å². The van der Waals surface area contributed by atoms with Gasteiger partial charge in [-0.1, -0.05) is 0 Å². The Hall–Kier alpha value is -1.05.